The average Bonchev–Trinajstić information content (AvgIpc) is 2.08. The maximum atomic E-state index is 11.0. The van der Waals surface area contributed by atoms with Gasteiger partial charge in [0.15, 0.2) is 11.5 Å². The Bertz CT molecular complexity index is 412. The van der Waals surface area contributed by atoms with Crippen LogP contribution in [0.25, 0.3) is 0 Å². The fourth-order valence-corrected chi connectivity index (χ4v) is 1.10. The molecular formula is C9H9NO4. The quantitative estimate of drug-likeness (QED) is 0.443. The first-order valence-corrected chi connectivity index (χ1v) is 3.92. The molecule has 1 N–H and O–H groups in total. The van der Waals surface area contributed by atoms with Crippen LogP contribution in [-0.4, -0.2) is 15.8 Å². The molecule has 0 spiro atoms. The van der Waals surface area contributed by atoms with Gasteiger partial charge in [0.2, 0.25) is 0 Å². The molecule has 1 aromatic carbocycles. The van der Waals surface area contributed by atoms with Crippen molar-refractivity contribution in [1.82, 2.24) is 0 Å². The van der Waals surface area contributed by atoms with Crippen LogP contribution in [0.5, 0.6) is 5.75 Å². The fourth-order valence-electron chi connectivity index (χ4n) is 1.10. The highest BCUT2D eigenvalue weighted by molar-refractivity contribution is 5.95. The van der Waals surface area contributed by atoms with E-state index >= 15 is 0 Å². The summed E-state index contributed by atoms with van der Waals surface area (Å²) in [7, 11) is 0. The third-order valence-electron chi connectivity index (χ3n) is 1.88. The number of carbonyl (C=O) groups is 1. The molecule has 0 saturated heterocycles. The monoisotopic (exact) mass is 195 g/mol. The molecule has 0 atom stereocenters. The highest BCUT2D eigenvalue weighted by atomic mass is 16.6. The molecule has 14 heavy (non-hydrogen) atoms. The summed E-state index contributed by atoms with van der Waals surface area (Å²) >= 11 is 0. The number of nitro benzene ring substituents is 1. The molecule has 0 amide bonds. The van der Waals surface area contributed by atoms with Gasteiger partial charge in [-0.25, -0.2) is 0 Å². The smallest absolute Gasteiger partial charge is 0.311 e. The molecular weight excluding hydrogens is 186 g/mol. The van der Waals surface area contributed by atoms with Gasteiger partial charge in [0.05, 0.1) is 4.92 Å². The van der Waals surface area contributed by atoms with E-state index in [4.69, 9.17) is 0 Å². The number of nitro groups is 1. The van der Waals surface area contributed by atoms with Gasteiger partial charge in [-0.2, -0.15) is 0 Å². The molecule has 5 nitrogen and oxygen atoms in total. The van der Waals surface area contributed by atoms with Crippen LogP contribution in [0.1, 0.15) is 22.8 Å². The van der Waals surface area contributed by atoms with Gasteiger partial charge in [-0.05, 0) is 25.5 Å². The topological polar surface area (TPSA) is 80.4 Å². The Morgan fingerprint density at radius 3 is 2.50 bits per heavy atom. The number of hydrogen-bond donors (Lipinski definition) is 1. The van der Waals surface area contributed by atoms with Crippen molar-refractivity contribution in [3.63, 3.8) is 0 Å². The zero-order valence-corrected chi connectivity index (χ0v) is 7.77. The molecule has 74 valence electrons. The molecule has 0 aromatic heterocycles. The Morgan fingerprint density at radius 1 is 1.50 bits per heavy atom. The van der Waals surface area contributed by atoms with Crippen LogP contribution >= 0.6 is 0 Å². The molecule has 0 radical (unpaired) electrons. The number of aryl methyl sites for hydroxylation is 1. The van der Waals surface area contributed by atoms with Gasteiger partial charge in [-0.3, -0.25) is 14.9 Å². The van der Waals surface area contributed by atoms with Crippen LogP contribution in [0.2, 0.25) is 0 Å². The summed E-state index contributed by atoms with van der Waals surface area (Å²) < 4.78 is 0. The van der Waals surface area contributed by atoms with Gasteiger partial charge >= 0.3 is 5.69 Å². The van der Waals surface area contributed by atoms with Gasteiger partial charge in [-0.15, -0.1) is 0 Å². The summed E-state index contributed by atoms with van der Waals surface area (Å²) in [5.41, 5.74) is 0.117. The van der Waals surface area contributed by atoms with E-state index in [9.17, 15) is 20.0 Å². The van der Waals surface area contributed by atoms with Crippen LogP contribution in [-0.2, 0) is 0 Å². The van der Waals surface area contributed by atoms with E-state index in [0.717, 1.165) is 6.07 Å². The minimum Gasteiger partial charge on any atom is -0.502 e. The van der Waals surface area contributed by atoms with Crippen molar-refractivity contribution in [2.45, 2.75) is 13.8 Å². The second kappa shape index (κ2) is 3.45. The normalized spacial score (nSPS) is 9.86. The first-order chi connectivity index (χ1) is 6.43. The lowest BCUT2D eigenvalue weighted by Gasteiger charge is -2.02. The predicted octanol–water partition coefficient (Wildman–Crippen LogP) is 1.81. The van der Waals surface area contributed by atoms with Gasteiger partial charge in [0.25, 0.3) is 0 Å². The van der Waals surface area contributed by atoms with Gasteiger partial charge in [0, 0.05) is 11.6 Å². The maximum Gasteiger partial charge on any atom is 0.311 e. The van der Waals surface area contributed by atoms with Crippen LogP contribution in [0.15, 0.2) is 12.1 Å². The first-order valence-electron chi connectivity index (χ1n) is 3.92. The lowest BCUT2D eigenvalue weighted by Crippen LogP contribution is -1.97. The summed E-state index contributed by atoms with van der Waals surface area (Å²) in [6.45, 7) is 2.82. The summed E-state index contributed by atoms with van der Waals surface area (Å²) in [5, 5.41) is 19.8. The lowest BCUT2D eigenvalue weighted by atomic mass is 10.1. The maximum absolute atomic E-state index is 11.0. The SMILES string of the molecule is CC(=O)c1cc(C)c(O)c([N+](=O)[O-])c1. The Morgan fingerprint density at radius 2 is 2.07 bits per heavy atom. The van der Waals surface area contributed by atoms with Crippen LogP contribution in [0, 0.1) is 17.0 Å². The summed E-state index contributed by atoms with van der Waals surface area (Å²) in [4.78, 5) is 20.7. The molecule has 0 heterocycles. The largest absolute Gasteiger partial charge is 0.502 e. The number of benzene rings is 1. The molecule has 0 bridgehead atoms. The summed E-state index contributed by atoms with van der Waals surface area (Å²) in [5.74, 6) is -0.656. The van der Waals surface area contributed by atoms with E-state index in [2.05, 4.69) is 0 Å². The molecule has 1 rings (SSSR count). The van der Waals surface area contributed by atoms with E-state index in [-0.39, 0.29) is 17.1 Å². The second-order valence-electron chi connectivity index (χ2n) is 2.97. The highest BCUT2D eigenvalue weighted by Gasteiger charge is 2.18. The van der Waals surface area contributed by atoms with Crippen molar-refractivity contribution in [3.8, 4) is 5.75 Å². The molecule has 0 unspecified atom stereocenters. The Labute approximate surface area is 80.1 Å². The Hall–Kier alpha value is -1.91. The number of aromatic hydroxyl groups is 1. The predicted molar refractivity (Wildman–Crippen MR) is 49.5 cm³/mol. The number of phenolic OH excluding ortho intramolecular Hbond substituents is 1. The number of Topliss-reactive ketones (excluding diaryl/α,β-unsaturated/α-hetero) is 1. The van der Waals surface area contributed by atoms with Gasteiger partial charge in [0.1, 0.15) is 0 Å². The third kappa shape index (κ3) is 1.71. The second-order valence-corrected chi connectivity index (χ2v) is 2.97. The van der Waals surface area contributed by atoms with Crippen LogP contribution < -0.4 is 0 Å². The van der Waals surface area contributed by atoms with E-state index in [0.29, 0.717) is 5.56 Å². The van der Waals surface area contributed by atoms with Crippen molar-refractivity contribution in [2.75, 3.05) is 0 Å². The van der Waals surface area contributed by atoms with E-state index in [1.165, 1.54) is 19.9 Å². The molecule has 1 aromatic rings. The lowest BCUT2D eigenvalue weighted by molar-refractivity contribution is -0.385. The van der Waals surface area contributed by atoms with E-state index in [1.807, 2.05) is 0 Å². The van der Waals surface area contributed by atoms with Crippen molar-refractivity contribution < 1.29 is 14.8 Å². The fraction of sp³-hybridized carbons (Fsp3) is 0.222. The molecule has 0 aliphatic rings. The van der Waals surface area contributed by atoms with Crippen molar-refractivity contribution in [3.05, 3.63) is 33.4 Å². The number of ketones is 1. The zero-order chi connectivity index (χ0) is 10.9. The highest BCUT2D eigenvalue weighted by Crippen LogP contribution is 2.30. The van der Waals surface area contributed by atoms with Gasteiger partial charge in [-0.1, -0.05) is 0 Å². The minimum absolute atomic E-state index is 0.229. The van der Waals surface area contributed by atoms with E-state index < -0.39 is 10.6 Å². The van der Waals surface area contributed by atoms with Crippen molar-refractivity contribution >= 4 is 11.5 Å². The Balaban J connectivity index is 3.43. The zero-order valence-electron chi connectivity index (χ0n) is 7.77. The summed E-state index contributed by atoms with van der Waals surface area (Å²) in [6.07, 6.45) is 0. The third-order valence-corrected chi connectivity index (χ3v) is 1.88. The number of nitrogens with zero attached hydrogens (tertiary/aromatic N) is 1. The molecule has 0 aliphatic heterocycles. The van der Waals surface area contributed by atoms with Crippen molar-refractivity contribution in [1.29, 1.82) is 0 Å². The number of rotatable bonds is 2. The van der Waals surface area contributed by atoms with Gasteiger partial charge < -0.3 is 5.11 Å². The van der Waals surface area contributed by atoms with E-state index in [1.54, 1.807) is 0 Å². The molecule has 0 aliphatic carbocycles. The number of carbonyl (C=O) groups excluding carboxylic acids is 1. The standard InChI is InChI=1S/C9H9NO4/c1-5-3-7(6(2)11)4-8(9(5)12)10(13)14/h3-4,12H,1-2H3. The Kier molecular flexibility index (Phi) is 2.51. The molecule has 5 heteroatoms. The average molecular weight is 195 g/mol. The molecule has 0 saturated carbocycles. The minimum atomic E-state index is -0.714. The summed E-state index contributed by atoms with van der Waals surface area (Å²) in [6, 6.07) is 2.50. The van der Waals surface area contributed by atoms with Crippen LogP contribution in [0.4, 0.5) is 5.69 Å². The molecule has 0 fully saturated rings. The van der Waals surface area contributed by atoms with Crippen LogP contribution in [0.3, 0.4) is 0 Å². The van der Waals surface area contributed by atoms with Crippen molar-refractivity contribution in [2.24, 2.45) is 0 Å². The number of hydrogen-bond acceptors (Lipinski definition) is 4. The first kappa shape index (κ1) is 10.2. The number of phenols is 1.